The molecule has 26 heavy (non-hydrogen) atoms. The summed E-state index contributed by atoms with van der Waals surface area (Å²) in [5.74, 6) is 0.519. The number of hydrogen-bond acceptors (Lipinski definition) is 3. The van der Waals surface area contributed by atoms with Crippen LogP contribution in [0.4, 0.5) is 0 Å². The Bertz CT molecular complexity index is 1130. The Hall–Kier alpha value is -3.47. The fourth-order valence-electron chi connectivity index (χ4n) is 3.00. The first kappa shape index (κ1) is 16.0. The fraction of sp³-hybridized carbons (Fsp3) is 0.0952. The minimum atomic E-state index is -0.194. The molecule has 0 aliphatic rings. The topological polar surface area (TPSA) is 59.3 Å². The van der Waals surface area contributed by atoms with Crippen molar-refractivity contribution in [1.82, 2.24) is 15.0 Å². The van der Waals surface area contributed by atoms with E-state index in [0.717, 1.165) is 22.0 Å². The van der Waals surface area contributed by atoms with Gasteiger partial charge >= 0.3 is 0 Å². The number of nitrogens with zero attached hydrogens (tertiary/aromatic N) is 3. The van der Waals surface area contributed by atoms with Gasteiger partial charge in [-0.15, -0.1) is 0 Å². The van der Waals surface area contributed by atoms with E-state index < -0.39 is 0 Å². The predicted octanol–water partition coefficient (Wildman–Crippen LogP) is 3.42. The number of benzene rings is 3. The molecule has 1 aromatic heterocycles. The van der Waals surface area contributed by atoms with Crippen LogP contribution in [0.5, 0.6) is 0 Å². The monoisotopic (exact) mass is 342 g/mol. The van der Waals surface area contributed by atoms with Crippen LogP contribution in [0.3, 0.4) is 0 Å². The zero-order valence-electron chi connectivity index (χ0n) is 14.4. The molecule has 0 aliphatic carbocycles. The predicted molar refractivity (Wildman–Crippen MR) is 104 cm³/mol. The summed E-state index contributed by atoms with van der Waals surface area (Å²) in [6.07, 6.45) is 1.83. The van der Waals surface area contributed by atoms with Crippen LogP contribution in [0, 0.1) is 0 Å². The van der Waals surface area contributed by atoms with Gasteiger partial charge in [-0.3, -0.25) is 4.79 Å². The lowest BCUT2D eigenvalue weighted by molar-refractivity contribution is -0.120. The van der Waals surface area contributed by atoms with Crippen molar-refractivity contribution in [2.45, 2.75) is 6.42 Å². The van der Waals surface area contributed by atoms with Gasteiger partial charge in [0.05, 0.1) is 23.7 Å². The summed E-state index contributed by atoms with van der Waals surface area (Å²) in [6, 6.07) is 22.0. The van der Waals surface area contributed by atoms with E-state index in [2.05, 4.69) is 27.6 Å². The van der Waals surface area contributed by atoms with Crippen molar-refractivity contribution < 1.29 is 4.79 Å². The number of fused-ring (bicyclic) bond motifs is 2. The molecule has 0 radical (unpaired) electrons. The lowest BCUT2D eigenvalue weighted by Crippen LogP contribution is -2.21. The summed E-state index contributed by atoms with van der Waals surface area (Å²) in [5, 5.41) is 6.38. The van der Waals surface area contributed by atoms with E-state index in [4.69, 9.17) is 0 Å². The molecule has 0 fully saturated rings. The molecule has 0 saturated carbocycles. The molecule has 1 amide bonds. The Morgan fingerprint density at radius 1 is 1.08 bits per heavy atom. The SMILES string of the molecule is Cn1c(CC(=O)N/N=C/c2ccc3ccccc3c2)nc2ccccc21. The molecule has 0 atom stereocenters. The average molecular weight is 342 g/mol. The summed E-state index contributed by atoms with van der Waals surface area (Å²) in [7, 11) is 1.91. The molecule has 4 rings (SSSR count). The number of nitrogens with one attached hydrogen (secondary N) is 1. The summed E-state index contributed by atoms with van der Waals surface area (Å²) >= 11 is 0. The van der Waals surface area contributed by atoms with E-state index in [-0.39, 0.29) is 12.3 Å². The van der Waals surface area contributed by atoms with E-state index in [9.17, 15) is 4.79 Å². The van der Waals surface area contributed by atoms with Crippen LogP contribution in [0.15, 0.2) is 71.8 Å². The van der Waals surface area contributed by atoms with E-state index in [1.165, 1.54) is 5.39 Å². The Balaban J connectivity index is 1.44. The molecule has 0 bridgehead atoms. The third-order valence-electron chi connectivity index (χ3n) is 4.37. The lowest BCUT2D eigenvalue weighted by Gasteiger charge is -2.02. The number of aromatic nitrogens is 2. The molecule has 0 aliphatic heterocycles. The van der Waals surface area contributed by atoms with Crippen molar-refractivity contribution in [3.63, 3.8) is 0 Å². The van der Waals surface area contributed by atoms with Gasteiger partial charge in [-0.05, 0) is 34.5 Å². The lowest BCUT2D eigenvalue weighted by atomic mass is 10.1. The van der Waals surface area contributed by atoms with Crippen LogP contribution in [0.25, 0.3) is 21.8 Å². The van der Waals surface area contributed by atoms with Crippen molar-refractivity contribution in [2.24, 2.45) is 12.1 Å². The van der Waals surface area contributed by atoms with E-state index >= 15 is 0 Å². The van der Waals surface area contributed by atoms with E-state index in [1.807, 2.05) is 66.2 Å². The summed E-state index contributed by atoms with van der Waals surface area (Å²) in [4.78, 5) is 16.7. The van der Waals surface area contributed by atoms with Crippen LogP contribution in [-0.4, -0.2) is 21.7 Å². The summed E-state index contributed by atoms with van der Waals surface area (Å²) in [6.45, 7) is 0. The smallest absolute Gasteiger partial charge is 0.247 e. The molecular formula is C21H18N4O. The van der Waals surface area contributed by atoms with Gasteiger partial charge in [0.15, 0.2) is 0 Å². The first-order valence-electron chi connectivity index (χ1n) is 8.42. The number of para-hydroxylation sites is 2. The van der Waals surface area contributed by atoms with Crippen LogP contribution in [-0.2, 0) is 18.3 Å². The number of aryl methyl sites for hydroxylation is 1. The summed E-state index contributed by atoms with van der Waals surface area (Å²) < 4.78 is 1.93. The molecule has 0 spiro atoms. The van der Waals surface area contributed by atoms with Crippen molar-refractivity contribution in [2.75, 3.05) is 0 Å². The molecule has 3 aromatic carbocycles. The van der Waals surface area contributed by atoms with Crippen molar-refractivity contribution in [3.8, 4) is 0 Å². The highest BCUT2D eigenvalue weighted by molar-refractivity contribution is 5.91. The molecule has 0 unspecified atom stereocenters. The zero-order valence-corrected chi connectivity index (χ0v) is 14.4. The van der Waals surface area contributed by atoms with Crippen LogP contribution < -0.4 is 5.43 Å². The highest BCUT2D eigenvalue weighted by Gasteiger charge is 2.10. The third-order valence-corrected chi connectivity index (χ3v) is 4.37. The molecule has 1 N–H and O–H groups in total. The van der Waals surface area contributed by atoms with Crippen LogP contribution in [0.2, 0.25) is 0 Å². The number of carbonyl (C=O) groups excluding carboxylic acids is 1. The van der Waals surface area contributed by atoms with Gasteiger partial charge in [0.2, 0.25) is 5.91 Å². The van der Waals surface area contributed by atoms with Gasteiger partial charge in [0.25, 0.3) is 0 Å². The number of amides is 1. The zero-order chi connectivity index (χ0) is 17.9. The minimum Gasteiger partial charge on any atom is -0.331 e. The Morgan fingerprint density at radius 3 is 2.69 bits per heavy atom. The number of rotatable bonds is 4. The van der Waals surface area contributed by atoms with Crippen molar-refractivity contribution in [3.05, 3.63) is 78.1 Å². The van der Waals surface area contributed by atoms with Gasteiger partial charge in [0.1, 0.15) is 5.82 Å². The van der Waals surface area contributed by atoms with Crippen LogP contribution in [0.1, 0.15) is 11.4 Å². The first-order valence-corrected chi connectivity index (χ1v) is 8.42. The second-order valence-corrected chi connectivity index (χ2v) is 6.15. The van der Waals surface area contributed by atoms with Gasteiger partial charge in [-0.25, -0.2) is 10.4 Å². The largest absolute Gasteiger partial charge is 0.331 e. The van der Waals surface area contributed by atoms with E-state index in [1.54, 1.807) is 6.21 Å². The summed E-state index contributed by atoms with van der Waals surface area (Å²) in [5.41, 5.74) is 5.41. The molecular weight excluding hydrogens is 324 g/mol. The van der Waals surface area contributed by atoms with Crippen LogP contribution >= 0.6 is 0 Å². The molecule has 5 heteroatoms. The van der Waals surface area contributed by atoms with Gasteiger partial charge in [-0.1, -0.05) is 48.5 Å². The maximum atomic E-state index is 12.2. The molecule has 0 saturated heterocycles. The van der Waals surface area contributed by atoms with Gasteiger partial charge in [-0.2, -0.15) is 5.10 Å². The molecule has 128 valence electrons. The van der Waals surface area contributed by atoms with E-state index in [0.29, 0.717) is 5.82 Å². The minimum absolute atomic E-state index is 0.181. The fourth-order valence-corrected chi connectivity index (χ4v) is 3.00. The average Bonchev–Trinajstić information content (AvgIpc) is 2.97. The second-order valence-electron chi connectivity index (χ2n) is 6.15. The Labute approximate surface area is 151 Å². The first-order chi connectivity index (χ1) is 12.7. The highest BCUT2D eigenvalue weighted by Crippen LogP contribution is 2.15. The number of imidazole rings is 1. The quantitative estimate of drug-likeness (QED) is 0.456. The second kappa shape index (κ2) is 6.80. The molecule has 1 heterocycles. The Kier molecular flexibility index (Phi) is 4.19. The third kappa shape index (κ3) is 3.19. The number of hydrazone groups is 1. The maximum absolute atomic E-state index is 12.2. The Morgan fingerprint density at radius 2 is 1.85 bits per heavy atom. The number of carbonyl (C=O) groups is 1. The van der Waals surface area contributed by atoms with Crippen molar-refractivity contribution in [1.29, 1.82) is 0 Å². The van der Waals surface area contributed by atoms with Crippen molar-refractivity contribution >= 4 is 33.9 Å². The molecule has 5 nitrogen and oxygen atoms in total. The van der Waals surface area contributed by atoms with Gasteiger partial charge < -0.3 is 4.57 Å². The molecule has 4 aromatic rings. The van der Waals surface area contributed by atoms with Gasteiger partial charge in [0, 0.05) is 7.05 Å². The normalized spacial score (nSPS) is 11.4. The highest BCUT2D eigenvalue weighted by atomic mass is 16.2. The number of hydrogen-bond donors (Lipinski definition) is 1. The maximum Gasteiger partial charge on any atom is 0.247 e. The standard InChI is InChI=1S/C21H18N4O/c1-25-19-9-5-4-8-18(19)23-20(25)13-21(26)24-22-14-15-10-11-16-6-2-3-7-17(16)12-15/h2-12,14H,13H2,1H3,(H,24,26)/b22-14+.